The van der Waals surface area contributed by atoms with E-state index in [1.807, 2.05) is 4.90 Å². The number of carbonyl (C=O) groups excluding carboxylic acids is 1. The third-order valence-electron chi connectivity index (χ3n) is 2.23. The van der Waals surface area contributed by atoms with Crippen LogP contribution in [0.4, 0.5) is 0 Å². The zero-order valence-corrected chi connectivity index (χ0v) is 14.5. The Morgan fingerprint density at radius 3 is 2.42 bits per heavy atom. The number of ether oxygens (including phenoxy) is 1. The van der Waals surface area contributed by atoms with Crippen LogP contribution in [0.2, 0.25) is 0 Å². The molecule has 19 heavy (non-hydrogen) atoms. The molecule has 0 amide bonds. The van der Waals surface area contributed by atoms with E-state index in [1.54, 1.807) is 13.8 Å². The standard InChI is InChI=1S/C11H20N2O2S4/c1-8(2)9(14)15-7-6-13(11(18)19)5-3-4-12-10(16)17/h8H,3-7H2,1-2H3,(H,18,19)(H2,12,16,17). The summed E-state index contributed by atoms with van der Waals surface area (Å²) in [5, 5.41) is 2.94. The van der Waals surface area contributed by atoms with Crippen molar-refractivity contribution in [2.75, 3.05) is 26.2 Å². The molecule has 1 N–H and O–H groups in total. The molecule has 0 rings (SSSR count). The van der Waals surface area contributed by atoms with Gasteiger partial charge in [0.15, 0.2) is 0 Å². The van der Waals surface area contributed by atoms with Gasteiger partial charge in [-0.1, -0.05) is 38.3 Å². The number of nitrogens with one attached hydrogen (secondary N) is 1. The fourth-order valence-corrected chi connectivity index (χ4v) is 1.79. The largest absolute Gasteiger partial charge is 0.464 e. The number of nitrogens with zero attached hydrogens (tertiary/aromatic N) is 1. The molecule has 0 aliphatic carbocycles. The minimum Gasteiger partial charge on any atom is -0.464 e. The van der Waals surface area contributed by atoms with Crippen LogP contribution in [0.1, 0.15) is 20.3 Å². The summed E-state index contributed by atoms with van der Waals surface area (Å²) in [6.45, 7) is 5.92. The second kappa shape index (κ2) is 10.7. The second-order valence-electron chi connectivity index (χ2n) is 4.18. The predicted octanol–water partition coefficient (Wildman–Crippen LogP) is 1.90. The van der Waals surface area contributed by atoms with Gasteiger partial charge in [0.1, 0.15) is 15.2 Å². The Bertz CT molecular complexity index is 324. The van der Waals surface area contributed by atoms with Gasteiger partial charge in [0.05, 0.1) is 12.5 Å². The first kappa shape index (κ1) is 18.9. The van der Waals surface area contributed by atoms with Crippen LogP contribution in [0.3, 0.4) is 0 Å². The molecule has 0 aromatic rings. The first-order chi connectivity index (χ1) is 8.84. The summed E-state index contributed by atoms with van der Waals surface area (Å²) < 4.78 is 6.08. The van der Waals surface area contributed by atoms with Gasteiger partial charge in [0, 0.05) is 13.1 Å². The van der Waals surface area contributed by atoms with Crippen LogP contribution in [0, 0.1) is 5.92 Å². The smallest absolute Gasteiger partial charge is 0.308 e. The number of thiocarbonyl (C=S) groups is 2. The SMILES string of the molecule is CC(C)C(=O)OCCN(CCCNC(=S)S)C(=S)S. The van der Waals surface area contributed by atoms with Crippen LogP contribution in [0.5, 0.6) is 0 Å². The molecule has 0 radical (unpaired) electrons. The molecule has 0 aromatic heterocycles. The Morgan fingerprint density at radius 1 is 1.32 bits per heavy atom. The number of esters is 1. The summed E-state index contributed by atoms with van der Waals surface area (Å²) in [6, 6.07) is 0. The first-order valence-corrected chi connectivity index (χ1v) is 7.67. The summed E-state index contributed by atoms with van der Waals surface area (Å²) in [5.41, 5.74) is 0. The number of hydrogen-bond donors (Lipinski definition) is 3. The quantitative estimate of drug-likeness (QED) is 0.271. The van der Waals surface area contributed by atoms with Crippen LogP contribution in [0.25, 0.3) is 0 Å². The maximum Gasteiger partial charge on any atom is 0.308 e. The average molecular weight is 341 g/mol. The van der Waals surface area contributed by atoms with Gasteiger partial charge in [-0.25, -0.2) is 0 Å². The highest BCUT2D eigenvalue weighted by molar-refractivity contribution is 8.11. The molecule has 0 heterocycles. The molecule has 0 saturated heterocycles. The third-order valence-corrected chi connectivity index (χ3v) is 3.07. The Labute approximate surface area is 136 Å². The highest BCUT2D eigenvalue weighted by atomic mass is 32.1. The highest BCUT2D eigenvalue weighted by Crippen LogP contribution is 2.01. The van der Waals surface area contributed by atoms with Crippen LogP contribution in [-0.2, 0) is 9.53 Å². The lowest BCUT2D eigenvalue weighted by atomic mass is 10.2. The number of rotatable bonds is 8. The third kappa shape index (κ3) is 10.4. The van der Waals surface area contributed by atoms with Crippen molar-refractivity contribution < 1.29 is 9.53 Å². The van der Waals surface area contributed by atoms with Crippen molar-refractivity contribution in [3.05, 3.63) is 0 Å². The summed E-state index contributed by atoms with van der Waals surface area (Å²) in [6.07, 6.45) is 0.847. The molecular weight excluding hydrogens is 320 g/mol. The van der Waals surface area contributed by atoms with Gasteiger partial charge in [-0.2, -0.15) is 0 Å². The van der Waals surface area contributed by atoms with E-state index in [2.05, 4.69) is 30.6 Å². The lowest BCUT2D eigenvalue weighted by Gasteiger charge is -2.22. The molecule has 0 unspecified atom stereocenters. The summed E-state index contributed by atoms with van der Waals surface area (Å²) in [4.78, 5) is 13.2. The summed E-state index contributed by atoms with van der Waals surface area (Å²) in [7, 11) is 0. The van der Waals surface area contributed by atoms with Gasteiger partial charge in [-0.05, 0) is 6.42 Å². The van der Waals surface area contributed by atoms with Crippen molar-refractivity contribution in [1.29, 1.82) is 0 Å². The van der Waals surface area contributed by atoms with Gasteiger partial charge < -0.3 is 15.0 Å². The Hall–Kier alpha value is -0.0500. The minimum atomic E-state index is -0.202. The van der Waals surface area contributed by atoms with Crippen molar-refractivity contribution in [3.8, 4) is 0 Å². The van der Waals surface area contributed by atoms with Crippen LogP contribution in [-0.4, -0.2) is 45.8 Å². The van der Waals surface area contributed by atoms with E-state index < -0.39 is 0 Å². The van der Waals surface area contributed by atoms with Gasteiger partial charge in [0.25, 0.3) is 0 Å². The van der Waals surface area contributed by atoms with E-state index in [1.165, 1.54) is 0 Å². The lowest BCUT2D eigenvalue weighted by Crippen LogP contribution is -2.33. The first-order valence-electron chi connectivity index (χ1n) is 5.96. The Kier molecular flexibility index (Phi) is 10.7. The molecule has 0 bridgehead atoms. The van der Waals surface area contributed by atoms with Gasteiger partial charge in [-0.3, -0.25) is 4.79 Å². The monoisotopic (exact) mass is 340 g/mol. The van der Waals surface area contributed by atoms with E-state index in [9.17, 15) is 4.79 Å². The van der Waals surface area contributed by atoms with Crippen molar-refractivity contribution in [2.24, 2.45) is 5.92 Å². The predicted molar refractivity (Wildman–Crippen MR) is 93.2 cm³/mol. The molecule has 0 aliphatic heterocycles. The zero-order valence-electron chi connectivity index (χ0n) is 11.1. The molecular formula is C11H20N2O2S4. The van der Waals surface area contributed by atoms with Gasteiger partial charge >= 0.3 is 5.97 Å². The van der Waals surface area contributed by atoms with Crippen LogP contribution in [0.15, 0.2) is 0 Å². The Morgan fingerprint density at radius 2 is 1.95 bits per heavy atom. The van der Waals surface area contributed by atoms with Gasteiger partial charge in [-0.15, -0.1) is 25.3 Å². The maximum atomic E-state index is 11.3. The number of thiol groups is 2. The number of carbonyl (C=O) groups is 1. The minimum absolute atomic E-state index is 0.114. The molecule has 110 valence electrons. The second-order valence-corrected chi connectivity index (χ2v) is 6.45. The van der Waals surface area contributed by atoms with Crippen molar-refractivity contribution >= 4 is 64.3 Å². The molecule has 0 atom stereocenters. The fraction of sp³-hybridized carbons (Fsp3) is 0.727. The number of hydrogen-bond acceptors (Lipinski definition) is 4. The molecule has 8 heteroatoms. The van der Waals surface area contributed by atoms with E-state index in [4.69, 9.17) is 29.2 Å². The zero-order chi connectivity index (χ0) is 14.8. The van der Waals surface area contributed by atoms with Crippen LogP contribution < -0.4 is 5.32 Å². The average Bonchev–Trinajstić information content (AvgIpc) is 2.30. The molecule has 0 saturated carbocycles. The highest BCUT2D eigenvalue weighted by Gasteiger charge is 2.10. The Balaban J connectivity index is 3.90. The van der Waals surface area contributed by atoms with Crippen LogP contribution >= 0.6 is 49.7 Å². The maximum absolute atomic E-state index is 11.3. The molecule has 0 spiro atoms. The van der Waals surface area contributed by atoms with Crippen molar-refractivity contribution in [1.82, 2.24) is 10.2 Å². The topological polar surface area (TPSA) is 41.6 Å². The van der Waals surface area contributed by atoms with E-state index in [-0.39, 0.29) is 11.9 Å². The van der Waals surface area contributed by atoms with Crippen molar-refractivity contribution in [3.63, 3.8) is 0 Å². The fourth-order valence-electron chi connectivity index (χ4n) is 1.19. The lowest BCUT2D eigenvalue weighted by molar-refractivity contribution is -0.147. The normalized spacial score (nSPS) is 10.2. The molecule has 0 aliphatic rings. The molecule has 0 fully saturated rings. The van der Waals surface area contributed by atoms with Crippen molar-refractivity contribution in [2.45, 2.75) is 20.3 Å². The van der Waals surface area contributed by atoms with Gasteiger partial charge in [0.2, 0.25) is 0 Å². The van der Waals surface area contributed by atoms with E-state index in [0.717, 1.165) is 19.5 Å². The molecule has 4 nitrogen and oxygen atoms in total. The molecule has 0 aromatic carbocycles. The summed E-state index contributed by atoms with van der Waals surface area (Å²) in [5.74, 6) is -0.316. The van der Waals surface area contributed by atoms with E-state index in [0.29, 0.717) is 21.8 Å². The van der Waals surface area contributed by atoms with E-state index >= 15 is 0 Å². The summed E-state index contributed by atoms with van der Waals surface area (Å²) >= 11 is 18.0.